The Hall–Kier alpha value is -4.14. The Kier molecular flexibility index (Phi) is 8.42. The molecule has 0 bridgehead atoms. The van der Waals surface area contributed by atoms with Crippen molar-refractivity contribution in [1.82, 2.24) is 20.3 Å². The Morgan fingerprint density at radius 1 is 1.17 bits per heavy atom. The molecule has 0 amide bonds. The maximum Gasteiger partial charge on any atom is 0.223 e. The van der Waals surface area contributed by atoms with Gasteiger partial charge in [-0.1, -0.05) is 37.3 Å². The minimum absolute atomic E-state index is 0.0253. The molecule has 2 aromatic heterocycles. The molecule has 3 heterocycles. The van der Waals surface area contributed by atoms with Gasteiger partial charge in [0.15, 0.2) is 5.69 Å². The SMILES string of the molecule is [C-]#[N+]c1ccc(CS(=C)(=O)Nc2ccc(-c3cc(CC)c4nc(N[C@@H]5CNC[C@H](CF)C5)ncc4n3)cc2F)cc1. The number of pyridine rings is 1. The Bertz CT molecular complexity index is 1710. The molecule has 0 saturated carbocycles. The summed E-state index contributed by atoms with van der Waals surface area (Å²) in [7, 11) is -2.89. The maximum atomic E-state index is 15.2. The number of piperidine rings is 1. The smallest absolute Gasteiger partial charge is 0.223 e. The zero-order valence-corrected chi connectivity index (χ0v) is 23.5. The monoisotopic (exact) mass is 575 g/mol. The lowest BCUT2D eigenvalue weighted by molar-refractivity contribution is 0.282. The van der Waals surface area contributed by atoms with Crippen molar-refractivity contribution in [2.24, 2.45) is 5.92 Å². The van der Waals surface area contributed by atoms with Gasteiger partial charge in [0.25, 0.3) is 0 Å². The zero-order valence-electron chi connectivity index (χ0n) is 22.7. The van der Waals surface area contributed by atoms with E-state index >= 15 is 4.39 Å². The Balaban J connectivity index is 1.34. The number of anilines is 2. The van der Waals surface area contributed by atoms with Crippen LogP contribution in [0.15, 0.2) is 54.7 Å². The molecular formula is C30H31F2N7OS. The largest absolute Gasteiger partial charge is 0.350 e. The number of rotatable bonds is 9. The number of fused-ring (bicyclic) bond motifs is 1. The maximum absolute atomic E-state index is 15.2. The van der Waals surface area contributed by atoms with E-state index in [-0.39, 0.29) is 30.1 Å². The Morgan fingerprint density at radius 2 is 1.98 bits per heavy atom. The van der Waals surface area contributed by atoms with Crippen molar-refractivity contribution in [3.05, 3.63) is 83.1 Å². The third-order valence-corrected chi connectivity index (χ3v) is 8.42. The number of nitrogens with one attached hydrogen (secondary N) is 3. The van der Waals surface area contributed by atoms with Crippen LogP contribution >= 0.6 is 0 Å². The number of halogens is 2. The van der Waals surface area contributed by atoms with Gasteiger partial charge in [0.05, 0.1) is 42.1 Å². The van der Waals surface area contributed by atoms with Crippen LogP contribution < -0.4 is 15.4 Å². The molecule has 11 heteroatoms. The number of benzene rings is 2. The molecule has 8 nitrogen and oxygen atoms in total. The molecule has 1 saturated heterocycles. The van der Waals surface area contributed by atoms with Crippen LogP contribution in [0, 0.1) is 18.3 Å². The van der Waals surface area contributed by atoms with E-state index in [1.165, 1.54) is 12.1 Å². The zero-order chi connectivity index (χ0) is 29.0. The van der Waals surface area contributed by atoms with Crippen LogP contribution in [0.2, 0.25) is 0 Å². The predicted octanol–water partition coefficient (Wildman–Crippen LogP) is 5.55. The molecule has 0 spiro atoms. The van der Waals surface area contributed by atoms with E-state index in [0.717, 1.165) is 11.1 Å². The van der Waals surface area contributed by atoms with Crippen molar-refractivity contribution < 1.29 is 13.0 Å². The second-order valence-corrected chi connectivity index (χ2v) is 12.4. The minimum atomic E-state index is -2.89. The molecule has 1 fully saturated rings. The molecule has 3 N–H and O–H groups in total. The molecule has 1 aliphatic rings. The third-order valence-electron chi connectivity index (χ3n) is 7.03. The summed E-state index contributed by atoms with van der Waals surface area (Å²) >= 11 is 0. The van der Waals surface area contributed by atoms with E-state index in [2.05, 4.69) is 31.1 Å². The second-order valence-electron chi connectivity index (χ2n) is 10.2. The lowest BCUT2D eigenvalue weighted by Crippen LogP contribution is -2.44. The first-order valence-corrected chi connectivity index (χ1v) is 15.3. The topological polar surface area (TPSA) is 96.2 Å². The summed E-state index contributed by atoms with van der Waals surface area (Å²) in [6, 6.07) is 13.2. The first-order valence-electron chi connectivity index (χ1n) is 13.4. The van der Waals surface area contributed by atoms with Gasteiger partial charge in [-0.05, 0) is 48.0 Å². The quantitative estimate of drug-likeness (QED) is 0.179. The number of alkyl halides is 1. The van der Waals surface area contributed by atoms with Gasteiger partial charge in [-0.2, -0.15) is 0 Å². The first kappa shape index (κ1) is 28.4. The molecule has 4 aromatic rings. The molecular weight excluding hydrogens is 544 g/mol. The molecule has 5 rings (SSSR count). The lowest BCUT2D eigenvalue weighted by atomic mass is 9.97. The fourth-order valence-electron chi connectivity index (χ4n) is 4.95. The molecule has 2 aromatic carbocycles. The minimum Gasteiger partial charge on any atom is -0.350 e. The van der Waals surface area contributed by atoms with Crippen molar-refractivity contribution in [2.45, 2.75) is 31.6 Å². The molecule has 1 unspecified atom stereocenters. The van der Waals surface area contributed by atoms with E-state index in [4.69, 9.17) is 16.5 Å². The van der Waals surface area contributed by atoms with Gasteiger partial charge >= 0.3 is 0 Å². The van der Waals surface area contributed by atoms with E-state index in [9.17, 15) is 8.60 Å². The van der Waals surface area contributed by atoms with Crippen LogP contribution in [-0.4, -0.2) is 50.8 Å². The second kappa shape index (κ2) is 12.2. The van der Waals surface area contributed by atoms with Gasteiger partial charge in [-0.3, -0.25) is 4.39 Å². The van der Waals surface area contributed by atoms with Crippen LogP contribution in [-0.2, 0) is 21.9 Å². The molecule has 3 atom stereocenters. The van der Waals surface area contributed by atoms with Crippen LogP contribution in [0.25, 0.3) is 27.1 Å². The fourth-order valence-corrected chi connectivity index (χ4v) is 6.32. The highest BCUT2D eigenvalue weighted by Gasteiger charge is 2.22. The highest BCUT2D eigenvalue weighted by Crippen LogP contribution is 2.28. The van der Waals surface area contributed by atoms with E-state index in [1.54, 1.807) is 36.5 Å². The average Bonchev–Trinajstić information content (AvgIpc) is 2.98. The first-order chi connectivity index (χ1) is 19.8. The summed E-state index contributed by atoms with van der Waals surface area (Å²) < 4.78 is 44.2. The van der Waals surface area contributed by atoms with Crippen molar-refractivity contribution in [3.63, 3.8) is 0 Å². The fraction of sp³-hybridized carbons (Fsp3) is 0.300. The van der Waals surface area contributed by atoms with E-state index in [0.29, 0.717) is 59.9 Å². The predicted molar refractivity (Wildman–Crippen MR) is 162 cm³/mol. The number of aryl methyl sites for hydroxylation is 1. The normalized spacial score (nSPS) is 18.4. The van der Waals surface area contributed by atoms with Crippen molar-refractivity contribution in [1.29, 1.82) is 0 Å². The Morgan fingerprint density at radius 3 is 2.68 bits per heavy atom. The van der Waals surface area contributed by atoms with Crippen LogP contribution in [0.1, 0.15) is 24.5 Å². The van der Waals surface area contributed by atoms with Crippen molar-refractivity contribution in [2.75, 3.05) is 29.8 Å². The summed E-state index contributed by atoms with van der Waals surface area (Å²) in [4.78, 5) is 17.2. The van der Waals surface area contributed by atoms with Gasteiger partial charge in [-0.25, -0.2) is 28.4 Å². The van der Waals surface area contributed by atoms with Crippen LogP contribution in [0.3, 0.4) is 0 Å². The van der Waals surface area contributed by atoms with Crippen LogP contribution in [0.5, 0.6) is 0 Å². The van der Waals surface area contributed by atoms with Crippen LogP contribution in [0.4, 0.5) is 26.1 Å². The highest BCUT2D eigenvalue weighted by molar-refractivity contribution is 8.00. The van der Waals surface area contributed by atoms with Crippen molar-refractivity contribution in [3.8, 4) is 11.3 Å². The summed E-state index contributed by atoms with van der Waals surface area (Å²) in [5, 5.41) is 6.55. The van der Waals surface area contributed by atoms with Gasteiger partial charge < -0.3 is 15.4 Å². The van der Waals surface area contributed by atoms with Crippen molar-refractivity contribution >= 4 is 43.9 Å². The van der Waals surface area contributed by atoms with E-state index in [1.807, 2.05) is 13.0 Å². The van der Waals surface area contributed by atoms with E-state index < -0.39 is 15.5 Å². The lowest BCUT2D eigenvalue weighted by Gasteiger charge is -2.29. The average molecular weight is 576 g/mol. The molecule has 212 valence electrons. The van der Waals surface area contributed by atoms with Gasteiger partial charge in [-0.15, -0.1) is 0 Å². The van der Waals surface area contributed by atoms with Gasteiger partial charge in [0.1, 0.15) is 11.3 Å². The summed E-state index contributed by atoms with van der Waals surface area (Å²) in [5.74, 6) is 3.72. The number of nitrogens with zero attached hydrogens (tertiary/aromatic N) is 4. The molecule has 0 aliphatic carbocycles. The van der Waals surface area contributed by atoms with Gasteiger partial charge in [0, 0.05) is 40.3 Å². The molecule has 1 aliphatic heterocycles. The number of hydrogen-bond acceptors (Lipinski definition) is 6. The number of aromatic nitrogens is 3. The molecule has 41 heavy (non-hydrogen) atoms. The Labute approximate surface area is 238 Å². The summed E-state index contributed by atoms with van der Waals surface area (Å²) in [6.45, 7) is 10.1. The third kappa shape index (κ3) is 6.78. The van der Waals surface area contributed by atoms with Gasteiger partial charge in [0.2, 0.25) is 5.95 Å². The molecule has 0 radical (unpaired) electrons. The summed E-state index contributed by atoms with van der Waals surface area (Å²) in [6.07, 6.45) is 3.03. The highest BCUT2D eigenvalue weighted by atomic mass is 32.2. The number of hydrogen-bond donors (Lipinski definition) is 3. The summed E-state index contributed by atoms with van der Waals surface area (Å²) in [5.41, 5.74) is 4.65. The standard InChI is InChI=1S/C30H31F2N7OS/c1-4-21-13-27(37-28-17-35-30(38-29(21)28)36-24-11-20(14-31)15-34-16-24)22-7-10-26(25(32)12-22)39-41(3,40)18-19-5-8-23(33-2)9-6-19/h5-10,12-13,17,20,24,34H,3-4,11,14-16,18H2,1H3,(H,39,40)(H,35,36,38)/t20-,24-,41?/m0/s1.